The molecular weight excluding hydrogens is 250 g/mol. The van der Waals surface area contributed by atoms with E-state index in [1.54, 1.807) is 11.9 Å². The van der Waals surface area contributed by atoms with Gasteiger partial charge in [0.15, 0.2) is 0 Å². The first kappa shape index (κ1) is 15.1. The summed E-state index contributed by atoms with van der Waals surface area (Å²) in [5.74, 6) is -0.217. The fourth-order valence-electron chi connectivity index (χ4n) is 1.47. The predicted molar refractivity (Wildman–Crippen MR) is 73.7 cm³/mol. The van der Waals surface area contributed by atoms with Gasteiger partial charge in [-0.3, -0.25) is 4.72 Å². The summed E-state index contributed by atoms with van der Waals surface area (Å²) in [5.41, 5.74) is 0.232. The molecular formula is C13H21NO3S. The molecule has 1 atom stereocenters. The summed E-state index contributed by atoms with van der Waals surface area (Å²) < 4.78 is 8.73. The van der Waals surface area contributed by atoms with Crippen molar-refractivity contribution in [1.29, 1.82) is 0 Å². The van der Waals surface area contributed by atoms with Crippen LogP contribution in [0.2, 0.25) is 0 Å². The van der Waals surface area contributed by atoms with Crippen LogP contribution in [0.1, 0.15) is 56.8 Å². The monoisotopic (exact) mass is 271 g/mol. The molecule has 1 aromatic rings. The van der Waals surface area contributed by atoms with Crippen LogP contribution in [0.25, 0.3) is 0 Å². The molecule has 0 aliphatic heterocycles. The Labute approximate surface area is 112 Å². The zero-order chi connectivity index (χ0) is 13.9. The number of hydrogen-bond donors (Lipinski definition) is 2. The highest BCUT2D eigenvalue weighted by Gasteiger charge is 2.26. The predicted octanol–water partition coefficient (Wildman–Crippen LogP) is 3.71. The highest BCUT2D eigenvalue weighted by atomic mass is 32.2. The third-order valence-electron chi connectivity index (χ3n) is 2.37. The average Bonchev–Trinajstić information content (AvgIpc) is 2.64. The summed E-state index contributed by atoms with van der Waals surface area (Å²) in [6.07, 6.45) is 1.43. The van der Waals surface area contributed by atoms with Crippen LogP contribution >= 0.6 is 11.9 Å². The maximum Gasteiger partial charge on any atom is 0.339 e. The first-order chi connectivity index (χ1) is 8.22. The number of aromatic carboxylic acids is 1. The molecule has 0 fully saturated rings. The van der Waals surface area contributed by atoms with Crippen molar-refractivity contribution in [3.8, 4) is 0 Å². The molecule has 0 aromatic carbocycles. The summed E-state index contributed by atoms with van der Waals surface area (Å²) in [6, 6.07) is 1.38. The van der Waals surface area contributed by atoms with Gasteiger partial charge in [0.2, 0.25) is 0 Å². The van der Waals surface area contributed by atoms with E-state index in [0.717, 1.165) is 0 Å². The summed E-state index contributed by atoms with van der Waals surface area (Å²) in [5, 5.41) is 9.12. The largest absolute Gasteiger partial charge is 0.478 e. The molecule has 0 aliphatic carbocycles. The van der Waals surface area contributed by atoms with Gasteiger partial charge in [0, 0.05) is 4.75 Å². The van der Waals surface area contributed by atoms with Gasteiger partial charge < -0.3 is 9.52 Å². The van der Waals surface area contributed by atoms with Crippen molar-refractivity contribution in [2.75, 3.05) is 0 Å². The zero-order valence-electron chi connectivity index (χ0n) is 11.5. The fourth-order valence-corrected chi connectivity index (χ4v) is 2.33. The third kappa shape index (κ3) is 4.07. The average molecular weight is 271 g/mol. The molecule has 0 saturated carbocycles. The summed E-state index contributed by atoms with van der Waals surface area (Å²) in [6.45, 7) is 10.4. The molecule has 0 bridgehead atoms. The SMILES string of the molecule is CC(C)C(NSC(C)(C)C)c1occc1C(=O)O. The standard InChI is InChI=1S/C13H21NO3S/c1-8(2)10(14-18-13(3,4)5)11-9(12(15)16)6-7-17-11/h6-8,10,14H,1-5H3,(H,15,16). The smallest absolute Gasteiger partial charge is 0.339 e. The molecule has 18 heavy (non-hydrogen) atoms. The molecule has 1 unspecified atom stereocenters. The number of furan rings is 1. The molecule has 0 amide bonds. The van der Waals surface area contributed by atoms with Gasteiger partial charge in [-0.2, -0.15) is 0 Å². The first-order valence-electron chi connectivity index (χ1n) is 5.96. The van der Waals surface area contributed by atoms with Crippen LogP contribution in [0, 0.1) is 5.92 Å². The summed E-state index contributed by atoms with van der Waals surface area (Å²) in [4.78, 5) is 11.1. The van der Waals surface area contributed by atoms with Crippen LogP contribution < -0.4 is 4.72 Å². The summed E-state index contributed by atoms with van der Waals surface area (Å²) in [7, 11) is 0. The first-order valence-corrected chi connectivity index (χ1v) is 6.78. The fraction of sp³-hybridized carbons (Fsp3) is 0.615. The van der Waals surface area contributed by atoms with Crippen molar-refractivity contribution in [2.24, 2.45) is 5.92 Å². The Hall–Kier alpha value is -0.940. The Balaban J connectivity index is 2.91. The number of rotatable bonds is 5. The van der Waals surface area contributed by atoms with Crippen molar-refractivity contribution in [3.05, 3.63) is 23.7 Å². The van der Waals surface area contributed by atoms with E-state index in [1.165, 1.54) is 12.3 Å². The Morgan fingerprint density at radius 3 is 2.50 bits per heavy atom. The van der Waals surface area contributed by atoms with Crippen molar-refractivity contribution < 1.29 is 14.3 Å². The Morgan fingerprint density at radius 2 is 2.06 bits per heavy atom. The van der Waals surface area contributed by atoms with E-state index in [0.29, 0.717) is 5.76 Å². The van der Waals surface area contributed by atoms with Crippen LogP contribution in [-0.4, -0.2) is 15.8 Å². The number of hydrogen-bond acceptors (Lipinski definition) is 4. The Bertz CT molecular complexity index is 407. The van der Waals surface area contributed by atoms with Crippen molar-refractivity contribution in [3.63, 3.8) is 0 Å². The van der Waals surface area contributed by atoms with Gasteiger partial charge in [-0.25, -0.2) is 4.79 Å². The van der Waals surface area contributed by atoms with Crippen LogP contribution in [0.3, 0.4) is 0 Å². The van der Waals surface area contributed by atoms with Gasteiger partial charge in [0.1, 0.15) is 11.3 Å². The topological polar surface area (TPSA) is 62.5 Å². The number of carboxylic acids is 1. The van der Waals surface area contributed by atoms with Gasteiger partial charge >= 0.3 is 5.97 Å². The lowest BCUT2D eigenvalue weighted by Crippen LogP contribution is -2.26. The minimum absolute atomic E-state index is 0.0587. The number of nitrogens with one attached hydrogen (secondary N) is 1. The molecule has 1 aromatic heterocycles. The molecule has 4 nitrogen and oxygen atoms in total. The second-order valence-electron chi connectivity index (χ2n) is 5.56. The molecule has 1 rings (SSSR count). The normalized spacial score (nSPS) is 13.9. The van der Waals surface area contributed by atoms with Crippen LogP contribution in [0.4, 0.5) is 0 Å². The number of carbonyl (C=O) groups is 1. The highest BCUT2D eigenvalue weighted by Crippen LogP contribution is 2.31. The van der Waals surface area contributed by atoms with Crippen molar-refractivity contribution in [2.45, 2.75) is 45.4 Å². The van der Waals surface area contributed by atoms with E-state index >= 15 is 0 Å². The molecule has 0 spiro atoms. The van der Waals surface area contributed by atoms with E-state index in [4.69, 9.17) is 9.52 Å². The van der Waals surface area contributed by atoms with Crippen molar-refractivity contribution in [1.82, 2.24) is 4.72 Å². The lowest BCUT2D eigenvalue weighted by Gasteiger charge is -2.25. The number of carboxylic acid groups (broad SMARTS) is 1. The van der Waals surface area contributed by atoms with Gasteiger partial charge in [-0.15, -0.1) is 0 Å². The molecule has 2 N–H and O–H groups in total. The second kappa shape index (κ2) is 5.80. The minimum Gasteiger partial charge on any atom is -0.478 e. The molecule has 1 heterocycles. The van der Waals surface area contributed by atoms with Crippen molar-refractivity contribution >= 4 is 17.9 Å². The van der Waals surface area contributed by atoms with E-state index in [2.05, 4.69) is 25.5 Å². The van der Waals surface area contributed by atoms with Crippen LogP contribution in [-0.2, 0) is 0 Å². The molecule has 102 valence electrons. The maximum atomic E-state index is 11.1. The zero-order valence-corrected chi connectivity index (χ0v) is 12.3. The summed E-state index contributed by atoms with van der Waals surface area (Å²) >= 11 is 1.59. The van der Waals surface area contributed by atoms with E-state index in [9.17, 15) is 4.79 Å². The third-order valence-corrected chi connectivity index (χ3v) is 3.35. The molecule has 0 saturated heterocycles. The van der Waals surface area contributed by atoms with Gasteiger partial charge in [0.05, 0.1) is 12.3 Å². The van der Waals surface area contributed by atoms with Crippen LogP contribution in [0.15, 0.2) is 16.7 Å². The van der Waals surface area contributed by atoms with Gasteiger partial charge in [0.25, 0.3) is 0 Å². The Kier molecular flexibility index (Phi) is 4.87. The van der Waals surface area contributed by atoms with Gasteiger partial charge in [-0.1, -0.05) is 25.8 Å². The maximum absolute atomic E-state index is 11.1. The van der Waals surface area contributed by atoms with E-state index in [-0.39, 0.29) is 22.3 Å². The lowest BCUT2D eigenvalue weighted by atomic mass is 10.0. The molecule has 0 radical (unpaired) electrons. The molecule has 0 aliphatic rings. The second-order valence-corrected chi connectivity index (χ2v) is 7.22. The Morgan fingerprint density at radius 1 is 1.44 bits per heavy atom. The highest BCUT2D eigenvalue weighted by molar-refractivity contribution is 7.98. The molecule has 5 heteroatoms. The van der Waals surface area contributed by atoms with Gasteiger partial charge in [-0.05, 0) is 32.8 Å². The van der Waals surface area contributed by atoms with Crippen LogP contribution in [0.5, 0.6) is 0 Å². The minimum atomic E-state index is -0.952. The van der Waals surface area contributed by atoms with E-state index in [1.807, 2.05) is 13.8 Å². The lowest BCUT2D eigenvalue weighted by molar-refractivity contribution is 0.0693. The van der Waals surface area contributed by atoms with E-state index < -0.39 is 5.97 Å². The quantitative estimate of drug-likeness (QED) is 0.799.